The molecule has 1 saturated carbocycles. The summed E-state index contributed by atoms with van der Waals surface area (Å²) in [6, 6.07) is 11.5. The first-order chi connectivity index (χ1) is 11.9. The van der Waals surface area contributed by atoms with Crippen LogP contribution in [-0.2, 0) is 16.1 Å². The number of hydrogen-bond acceptors (Lipinski definition) is 4. The first-order valence-corrected chi connectivity index (χ1v) is 8.52. The van der Waals surface area contributed by atoms with E-state index in [-0.39, 0.29) is 17.9 Å². The summed E-state index contributed by atoms with van der Waals surface area (Å²) in [5, 5.41) is 6.49. The van der Waals surface area contributed by atoms with Crippen LogP contribution in [0.1, 0.15) is 38.0 Å². The van der Waals surface area contributed by atoms with E-state index in [4.69, 9.17) is 4.52 Å². The highest BCUT2D eigenvalue weighted by Gasteiger charge is 2.58. The molecule has 0 saturated heterocycles. The molecule has 1 aliphatic carbocycles. The summed E-state index contributed by atoms with van der Waals surface area (Å²) in [5.74, 6) is 0.536. The quantitative estimate of drug-likeness (QED) is 0.819. The number of aromatic nitrogens is 1. The number of aryl methyl sites for hydroxylation is 1. The van der Waals surface area contributed by atoms with Crippen molar-refractivity contribution in [3.63, 3.8) is 0 Å². The maximum absolute atomic E-state index is 13.1. The molecule has 0 radical (unpaired) electrons. The molecule has 0 bridgehead atoms. The second-order valence-corrected chi connectivity index (χ2v) is 6.87. The first kappa shape index (κ1) is 17.2. The van der Waals surface area contributed by atoms with Gasteiger partial charge < -0.3 is 14.7 Å². The van der Waals surface area contributed by atoms with E-state index < -0.39 is 5.41 Å². The normalized spacial score (nSPS) is 15.0. The molecule has 1 fully saturated rings. The van der Waals surface area contributed by atoms with Gasteiger partial charge in [0.25, 0.3) is 0 Å². The van der Waals surface area contributed by atoms with Crippen LogP contribution in [-0.4, -0.2) is 27.9 Å². The van der Waals surface area contributed by atoms with Gasteiger partial charge in [-0.15, -0.1) is 0 Å². The number of anilines is 1. The van der Waals surface area contributed by atoms with Crippen molar-refractivity contribution in [2.75, 3.05) is 5.32 Å². The van der Waals surface area contributed by atoms with Gasteiger partial charge in [0.15, 0.2) is 5.82 Å². The maximum atomic E-state index is 13.1. The van der Waals surface area contributed by atoms with Gasteiger partial charge in [-0.3, -0.25) is 9.59 Å². The van der Waals surface area contributed by atoms with Crippen LogP contribution in [0.25, 0.3) is 0 Å². The molecule has 6 nitrogen and oxygen atoms in total. The summed E-state index contributed by atoms with van der Waals surface area (Å²) in [4.78, 5) is 27.6. The number of nitrogens with one attached hydrogen (secondary N) is 1. The molecule has 2 aromatic rings. The van der Waals surface area contributed by atoms with E-state index in [1.54, 1.807) is 17.9 Å². The lowest BCUT2D eigenvalue weighted by Gasteiger charge is -2.30. The first-order valence-electron chi connectivity index (χ1n) is 8.52. The molecule has 1 N–H and O–H groups in total. The van der Waals surface area contributed by atoms with Crippen molar-refractivity contribution in [1.29, 1.82) is 0 Å². The molecule has 3 rings (SSSR count). The van der Waals surface area contributed by atoms with Crippen LogP contribution < -0.4 is 5.32 Å². The minimum Gasteiger partial charge on any atom is -0.360 e. The highest BCUT2D eigenvalue weighted by atomic mass is 16.5. The Morgan fingerprint density at radius 2 is 1.96 bits per heavy atom. The van der Waals surface area contributed by atoms with E-state index in [1.807, 2.05) is 44.2 Å². The van der Waals surface area contributed by atoms with Crippen LogP contribution >= 0.6 is 0 Å². The third-order valence-electron chi connectivity index (χ3n) is 4.54. The zero-order chi connectivity index (χ0) is 18.0. The molecule has 1 aliphatic rings. The van der Waals surface area contributed by atoms with Crippen molar-refractivity contribution in [3.05, 3.63) is 47.7 Å². The van der Waals surface area contributed by atoms with Gasteiger partial charge in [0.2, 0.25) is 11.8 Å². The monoisotopic (exact) mass is 341 g/mol. The summed E-state index contributed by atoms with van der Waals surface area (Å²) in [5.41, 5.74) is 0.0687. The highest BCUT2D eigenvalue weighted by Crippen LogP contribution is 2.48. The third kappa shape index (κ3) is 3.57. The fourth-order valence-electron chi connectivity index (χ4n) is 2.87. The van der Waals surface area contributed by atoms with Gasteiger partial charge in [0.05, 0.1) is 0 Å². The van der Waals surface area contributed by atoms with Crippen LogP contribution in [0.5, 0.6) is 0 Å². The number of benzene rings is 1. The Kier molecular flexibility index (Phi) is 4.61. The van der Waals surface area contributed by atoms with E-state index in [9.17, 15) is 9.59 Å². The minimum atomic E-state index is -0.980. The van der Waals surface area contributed by atoms with Gasteiger partial charge in [0, 0.05) is 18.7 Å². The average molecular weight is 341 g/mol. The largest absolute Gasteiger partial charge is 0.360 e. The summed E-state index contributed by atoms with van der Waals surface area (Å²) < 4.78 is 4.96. The molecule has 2 amide bonds. The van der Waals surface area contributed by atoms with Crippen molar-refractivity contribution in [2.45, 2.75) is 46.2 Å². The fraction of sp³-hybridized carbons (Fsp3) is 0.421. The number of amides is 2. The van der Waals surface area contributed by atoms with Crippen molar-refractivity contribution in [3.8, 4) is 0 Å². The number of carbonyl (C=O) groups is 2. The smallest absolute Gasteiger partial charge is 0.241 e. The molecular formula is C19H23N3O3. The molecule has 1 aromatic carbocycles. The Hall–Kier alpha value is -2.63. The SMILES string of the molecule is Cc1cc(NC(=O)C2(C(=O)N(Cc3ccccc3)C(C)C)CC2)no1. The molecule has 0 spiro atoms. The Morgan fingerprint density at radius 1 is 1.28 bits per heavy atom. The maximum Gasteiger partial charge on any atom is 0.241 e. The van der Waals surface area contributed by atoms with Gasteiger partial charge in [-0.1, -0.05) is 35.5 Å². The third-order valence-corrected chi connectivity index (χ3v) is 4.54. The molecule has 1 aromatic heterocycles. The lowest BCUT2D eigenvalue weighted by molar-refractivity contribution is -0.144. The van der Waals surface area contributed by atoms with Crippen LogP contribution in [0.2, 0.25) is 0 Å². The van der Waals surface area contributed by atoms with Gasteiger partial charge in [0.1, 0.15) is 11.2 Å². The summed E-state index contributed by atoms with van der Waals surface area (Å²) in [6.07, 6.45) is 1.12. The van der Waals surface area contributed by atoms with Crippen LogP contribution in [0.15, 0.2) is 40.9 Å². The van der Waals surface area contributed by atoms with Gasteiger partial charge in [-0.05, 0) is 39.2 Å². The zero-order valence-electron chi connectivity index (χ0n) is 14.8. The van der Waals surface area contributed by atoms with Crippen molar-refractivity contribution < 1.29 is 14.1 Å². The fourth-order valence-corrected chi connectivity index (χ4v) is 2.87. The summed E-state index contributed by atoms with van der Waals surface area (Å²) >= 11 is 0. The molecule has 25 heavy (non-hydrogen) atoms. The van der Waals surface area contributed by atoms with E-state index in [1.165, 1.54) is 0 Å². The number of nitrogens with zero attached hydrogens (tertiary/aromatic N) is 2. The molecule has 6 heteroatoms. The van der Waals surface area contributed by atoms with Gasteiger partial charge in [-0.2, -0.15) is 0 Å². The summed E-state index contributed by atoms with van der Waals surface area (Å²) in [6.45, 7) is 6.18. The Bertz CT molecular complexity index is 763. The van der Waals surface area contributed by atoms with E-state index in [0.29, 0.717) is 31.0 Å². The number of rotatable bonds is 6. The van der Waals surface area contributed by atoms with Crippen molar-refractivity contribution in [1.82, 2.24) is 10.1 Å². The zero-order valence-corrected chi connectivity index (χ0v) is 14.8. The molecule has 0 aliphatic heterocycles. The van der Waals surface area contributed by atoms with Crippen LogP contribution in [0, 0.1) is 12.3 Å². The second kappa shape index (κ2) is 6.70. The highest BCUT2D eigenvalue weighted by molar-refractivity contribution is 6.12. The topological polar surface area (TPSA) is 75.4 Å². The Labute approximate surface area is 147 Å². The van der Waals surface area contributed by atoms with Gasteiger partial charge >= 0.3 is 0 Å². The molecular weight excluding hydrogens is 318 g/mol. The number of hydrogen-bond donors (Lipinski definition) is 1. The van der Waals surface area contributed by atoms with Crippen molar-refractivity contribution >= 4 is 17.6 Å². The molecule has 1 heterocycles. The van der Waals surface area contributed by atoms with E-state index in [2.05, 4.69) is 10.5 Å². The molecule has 0 unspecified atom stereocenters. The predicted octanol–water partition coefficient (Wildman–Crippen LogP) is 3.14. The van der Waals surface area contributed by atoms with Gasteiger partial charge in [-0.25, -0.2) is 0 Å². The minimum absolute atomic E-state index is 0.00674. The Balaban J connectivity index is 1.75. The van der Waals surface area contributed by atoms with E-state index in [0.717, 1.165) is 5.56 Å². The lowest BCUT2D eigenvalue weighted by atomic mass is 10.0. The molecule has 0 atom stereocenters. The standard InChI is InChI=1S/C19H23N3O3/c1-13(2)22(12-15-7-5-4-6-8-15)18(24)19(9-10-19)17(23)20-16-11-14(3)25-21-16/h4-8,11,13H,9-10,12H2,1-3H3,(H,20,21,23). The molecule has 132 valence electrons. The van der Waals surface area contributed by atoms with Crippen LogP contribution in [0.4, 0.5) is 5.82 Å². The van der Waals surface area contributed by atoms with Crippen LogP contribution in [0.3, 0.4) is 0 Å². The summed E-state index contributed by atoms with van der Waals surface area (Å²) in [7, 11) is 0. The van der Waals surface area contributed by atoms with Crippen molar-refractivity contribution in [2.24, 2.45) is 5.41 Å². The predicted molar refractivity (Wildman–Crippen MR) is 93.7 cm³/mol. The number of carbonyl (C=O) groups excluding carboxylic acids is 2. The Morgan fingerprint density at radius 3 is 2.48 bits per heavy atom. The van der Waals surface area contributed by atoms with E-state index >= 15 is 0 Å². The average Bonchev–Trinajstić information content (AvgIpc) is 3.31. The second-order valence-electron chi connectivity index (χ2n) is 6.87. The lowest BCUT2D eigenvalue weighted by Crippen LogP contribution is -2.45.